The first-order valence-electron chi connectivity index (χ1n) is 9.17. The zero-order valence-electron chi connectivity index (χ0n) is 13.9. The summed E-state index contributed by atoms with van der Waals surface area (Å²) in [6.45, 7) is 2.30. The van der Waals surface area contributed by atoms with E-state index in [1.165, 1.54) is 76.4 Å². The summed E-state index contributed by atoms with van der Waals surface area (Å²) in [4.78, 5) is 0. The van der Waals surface area contributed by atoms with E-state index in [1.54, 1.807) is 6.08 Å². The van der Waals surface area contributed by atoms with Crippen LogP contribution in [0.25, 0.3) is 0 Å². The Morgan fingerprint density at radius 3 is 2.18 bits per heavy atom. The molecule has 2 rings (SSSR count). The third-order valence-electron chi connectivity index (χ3n) is 5.80. The number of nitriles is 1. The summed E-state index contributed by atoms with van der Waals surface area (Å²) in [7, 11) is 0. The average molecular weight is 303 g/mol. The highest BCUT2D eigenvalue weighted by molar-refractivity contribution is 5.19. The van der Waals surface area contributed by atoms with Gasteiger partial charge in [0.05, 0.1) is 0 Å². The van der Waals surface area contributed by atoms with Gasteiger partial charge in [-0.25, -0.2) is 0 Å². The molecular formula is C20H30FN. The van der Waals surface area contributed by atoms with Gasteiger partial charge in [0.15, 0.2) is 5.83 Å². The molecule has 0 heterocycles. The lowest BCUT2D eigenvalue weighted by Gasteiger charge is -2.37. The van der Waals surface area contributed by atoms with Crippen molar-refractivity contribution in [2.24, 2.45) is 23.7 Å². The molecule has 0 aromatic heterocycles. The SMILES string of the molecule is CCC[C@H]1CC[C@H](C2CCC(C=CC=C(F)C#N)CC2)CC1. The number of hydrogen-bond donors (Lipinski definition) is 0. The largest absolute Gasteiger partial charge is 0.199 e. The van der Waals surface area contributed by atoms with Crippen LogP contribution in [-0.4, -0.2) is 0 Å². The van der Waals surface area contributed by atoms with Crippen LogP contribution < -0.4 is 0 Å². The Balaban J connectivity index is 1.71. The molecule has 2 heteroatoms. The maximum Gasteiger partial charge on any atom is 0.199 e. The van der Waals surface area contributed by atoms with Gasteiger partial charge in [-0.05, 0) is 68.3 Å². The minimum Gasteiger partial charge on any atom is -0.195 e. The summed E-state index contributed by atoms with van der Waals surface area (Å²) >= 11 is 0. The summed E-state index contributed by atoms with van der Waals surface area (Å²) < 4.78 is 12.7. The van der Waals surface area contributed by atoms with Crippen LogP contribution in [-0.2, 0) is 0 Å². The van der Waals surface area contributed by atoms with Crippen LogP contribution in [0.15, 0.2) is 24.1 Å². The first kappa shape index (κ1) is 17.3. The molecule has 0 saturated heterocycles. The Morgan fingerprint density at radius 1 is 1.05 bits per heavy atom. The fraction of sp³-hybridized carbons (Fsp3) is 0.750. The zero-order valence-corrected chi connectivity index (χ0v) is 13.9. The molecule has 0 aromatic carbocycles. The van der Waals surface area contributed by atoms with Gasteiger partial charge < -0.3 is 0 Å². The summed E-state index contributed by atoms with van der Waals surface area (Å²) in [6.07, 6.45) is 18.8. The van der Waals surface area contributed by atoms with E-state index in [9.17, 15) is 4.39 Å². The van der Waals surface area contributed by atoms with Gasteiger partial charge in [-0.3, -0.25) is 0 Å². The average Bonchev–Trinajstić information content (AvgIpc) is 2.56. The highest BCUT2D eigenvalue weighted by atomic mass is 19.1. The molecule has 2 saturated carbocycles. The lowest BCUT2D eigenvalue weighted by molar-refractivity contribution is 0.152. The van der Waals surface area contributed by atoms with E-state index < -0.39 is 5.83 Å². The van der Waals surface area contributed by atoms with Crippen molar-refractivity contribution in [1.82, 2.24) is 0 Å². The van der Waals surface area contributed by atoms with Gasteiger partial charge in [-0.2, -0.15) is 9.65 Å². The van der Waals surface area contributed by atoms with Gasteiger partial charge in [-0.15, -0.1) is 0 Å². The first-order valence-corrected chi connectivity index (χ1v) is 9.17. The Labute approximate surface area is 135 Å². The van der Waals surface area contributed by atoms with Crippen LogP contribution in [0.5, 0.6) is 0 Å². The van der Waals surface area contributed by atoms with E-state index in [0.717, 1.165) is 17.8 Å². The lowest BCUT2D eigenvalue weighted by atomic mass is 9.69. The van der Waals surface area contributed by atoms with Crippen molar-refractivity contribution < 1.29 is 4.39 Å². The molecule has 1 nitrogen and oxygen atoms in total. The molecular weight excluding hydrogens is 273 g/mol. The number of rotatable bonds is 5. The maximum absolute atomic E-state index is 12.7. The molecule has 122 valence electrons. The Morgan fingerprint density at radius 2 is 1.64 bits per heavy atom. The Bertz CT molecular complexity index is 415. The van der Waals surface area contributed by atoms with Crippen molar-refractivity contribution in [2.75, 3.05) is 0 Å². The molecule has 2 aliphatic rings. The lowest BCUT2D eigenvalue weighted by Crippen LogP contribution is -2.25. The normalized spacial score (nSPS) is 33.8. The molecule has 0 spiro atoms. The molecule has 0 radical (unpaired) electrons. The second-order valence-corrected chi connectivity index (χ2v) is 7.26. The van der Waals surface area contributed by atoms with Gasteiger partial charge in [0, 0.05) is 0 Å². The quantitative estimate of drug-likeness (QED) is 0.430. The number of allylic oxidation sites excluding steroid dienone is 4. The van der Waals surface area contributed by atoms with Crippen LogP contribution in [0.4, 0.5) is 4.39 Å². The monoisotopic (exact) mass is 303 g/mol. The van der Waals surface area contributed by atoms with Crippen LogP contribution in [0.1, 0.15) is 71.1 Å². The van der Waals surface area contributed by atoms with Crippen LogP contribution >= 0.6 is 0 Å². The van der Waals surface area contributed by atoms with E-state index in [4.69, 9.17) is 5.26 Å². The van der Waals surface area contributed by atoms with E-state index in [1.807, 2.05) is 0 Å². The zero-order chi connectivity index (χ0) is 15.8. The van der Waals surface area contributed by atoms with E-state index in [2.05, 4.69) is 13.0 Å². The molecule has 0 atom stereocenters. The number of halogens is 1. The highest BCUT2D eigenvalue weighted by Gasteiger charge is 2.29. The second-order valence-electron chi connectivity index (χ2n) is 7.26. The topological polar surface area (TPSA) is 23.8 Å². The smallest absolute Gasteiger partial charge is 0.195 e. The molecule has 0 unspecified atom stereocenters. The third-order valence-corrected chi connectivity index (χ3v) is 5.80. The summed E-state index contributed by atoms with van der Waals surface area (Å²) in [5, 5.41) is 8.38. The molecule has 2 fully saturated rings. The third kappa shape index (κ3) is 5.27. The van der Waals surface area contributed by atoms with Gasteiger partial charge in [0.2, 0.25) is 0 Å². The molecule has 0 amide bonds. The molecule has 22 heavy (non-hydrogen) atoms. The van der Waals surface area contributed by atoms with Crippen molar-refractivity contribution in [3.8, 4) is 6.07 Å². The van der Waals surface area contributed by atoms with Gasteiger partial charge in [0.25, 0.3) is 0 Å². The fourth-order valence-corrected chi connectivity index (χ4v) is 4.50. The molecule has 0 aliphatic heterocycles. The van der Waals surface area contributed by atoms with Gasteiger partial charge in [-0.1, -0.05) is 44.8 Å². The molecule has 0 N–H and O–H groups in total. The molecule has 2 aliphatic carbocycles. The predicted molar refractivity (Wildman–Crippen MR) is 89.7 cm³/mol. The van der Waals surface area contributed by atoms with E-state index in [0.29, 0.717) is 5.92 Å². The van der Waals surface area contributed by atoms with E-state index in [-0.39, 0.29) is 0 Å². The summed E-state index contributed by atoms with van der Waals surface area (Å²) in [5.41, 5.74) is 0. The highest BCUT2D eigenvalue weighted by Crippen LogP contribution is 2.42. The van der Waals surface area contributed by atoms with Crippen molar-refractivity contribution >= 4 is 0 Å². The maximum atomic E-state index is 12.7. The van der Waals surface area contributed by atoms with Crippen LogP contribution in [0.2, 0.25) is 0 Å². The van der Waals surface area contributed by atoms with Crippen molar-refractivity contribution in [3.05, 3.63) is 24.1 Å². The van der Waals surface area contributed by atoms with Crippen LogP contribution in [0.3, 0.4) is 0 Å². The van der Waals surface area contributed by atoms with Crippen LogP contribution in [0, 0.1) is 35.0 Å². The minimum absolute atomic E-state index is 0.579. The predicted octanol–water partition coefficient (Wildman–Crippen LogP) is 6.33. The Hall–Kier alpha value is -1.10. The number of nitrogens with zero attached hydrogens (tertiary/aromatic N) is 1. The summed E-state index contributed by atoms with van der Waals surface area (Å²) in [6, 6.07) is 1.51. The van der Waals surface area contributed by atoms with Crippen molar-refractivity contribution in [2.45, 2.75) is 71.1 Å². The van der Waals surface area contributed by atoms with Crippen molar-refractivity contribution in [1.29, 1.82) is 5.26 Å². The summed E-state index contributed by atoms with van der Waals surface area (Å²) in [5.74, 6) is 2.78. The second kappa shape index (κ2) is 9.13. The van der Waals surface area contributed by atoms with Crippen molar-refractivity contribution in [3.63, 3.8) is 0 Å². The molecule has 0 aromatic rings. The van der Waals surface area contributed by atoms with Gasteiger partial charge >= 0.3 is 0 Å². The first-order chi connectivity index (χ1) is 10.7. The van der Waals surface area contributed by atoms with E-state index >= 15 is 0 Å². The van der Waals surface area contributed by atoms with Gasteiger partial charge in [0.1, 0.15) is 6.07 Å². The standard InChI is InChI=1S/C20H30FN/c1-2-4-16-7-11-18(12-8-16)19-13-9-17(10-14-19)5-3-6-20(21)15-22/h3,5-6,16-19H,2,4,7-14H2,1H3/t16-,17?,18-,19?. The minimum atomic E-state index is -0.700. The fourth-order valence-electron chi connectivity index (χ4n) is 4.50. The number of hydrogen-bond acceptors (Lipinski definition) is 1. The molecule has 0 bridgehead atoms. The Kier molecular flexibility index (Phi) is 7.16.